The molecule has 0 amide bonds. The van der Waals surface area contributed by atoms with Gasteiger partial charge in [0.1, 0.15) is 11.2 Å². The SMILES string of the molecule is c1ccc(-c2ccc(-c3nc(-c4ccccc4)nc(-c4cccc(-c5cccc(-n6c7ccccc7c7cccc(-c8cccc9oc%10ccccc%10c89)c76)c5)c4)n3)cc2)cc1. The summed E-state index contributed by atoms with van der Waals surface area (Å²) in [6.07, 6.45) is 0. The van der Waals surface area contributed by atoms with E-state index >= 15 is 0 Å². The molecule has 0 saturated heterocycles. The van der Waals surface area contributed by atoms with Crippen LogP contribution in [0.15, 0.2) is 223 Å². The Kier molecular flexibility index (Phi) is 8.42. The minimum absolute atomic E-state index is 0.618. The molecule has 0 saturated carbocycles. The lowest BCUT2D eigenvalue weighted by Crippen LogP contribution is -2.00. The summed E-state index contributed by atoms with van der Waals surface area (Å²) in [5, 5.41) is 4.64. The van der Waals surface area contributed by atoms with E-state index in [2.05, 4.69) is 174 Å². The molecule has 12 aromatic rings. The molecule has 0 unspecified atom stereocenters. The van der Waals surface area contributed by atoms with Crippen LogP contribution >= 0.6 is 0 Å². The summed E-state index contributed by atoms with van der Waals surface area (Å²) in [7, 11) is 0. The van der Waals surface area contributed by atoms with Gasteiger partial charge in [0.15, 0.2) is 17.5 Å². The smallest absolute Gasteiger partial charge is 0.164 e. The number of rotatable bonds is 7. The van der Waals surface area contributed by atoms with Gasteiger partial charge in [-0.25, -0.2) is 15.0 Å². The van der Waals surface area contributed by atoms with Crippen LogP contribution in [-0.2, 0) is 0 Å². The molecule has 0 fully saturated rings. The lowest BCUT2D eigenvalue weighted by molar-refractivity contribution is 0.669. The average Bonchev–Trinajstić information content (AvgIpc) is 3.91. The lowest BCUT2D eigenvalue weighted by atomic mass is 9.97. The molecule has 9 aromatic carbocycles. The van der Waals surface area contributed by atoms with Crippen LogP contribution in [0.3, 0.4) is 0 Å². The van der Waals surface area contributed by atoms with Gasteiger partial charge in [-0.2, -0.15) is 0 Å². The van der Waals surface area contributed by atoms with E-state index < -0.39 is 0 Å². The fourth-order valence-corrected chi connectivity index (χ4v) is 8.96. The predicted octanol–water partition coefficient (Wildman–Crippen LogP) is 14.9. The van der Waals surface area contributed by atoms with Crippen molar-refractivity contribution in [1.29, 1.82) is 0 Å². The first-order chi connectivity index (χ1) is 30.7. The molecular weight excluding hydrogens is 757 g/mol. The van der Waals surface area contributed by atoms with E-state index in [0.717, 1.165) is 83.2 Å². The number of nitrogens with zero attached hydrogens (tertiary/aromatic N) is 4. The summed E-state index contributed by atoms with van der Waals surface area (Å²) in [4.78, 5) is 15.2. The molecule has 12 rings (SSSR count). The minimum Gasteiger partial charge on any atom is -0.456 e. The number of hydrogen-bond acceptors (Lipinski definition) is 4. The highest BCUT2D eigenvalue weighted by atomic mass is 16.3. The van der Waals surface area contributed by atoms with Crippen LogP contribution < -0.4 is 0 Å². The van der Waals surface area contributed by atoms with Crippen molar-refractivity contribution in [3.8, 4) is 73.2 Å². The lowest BCUT2D eigenvalue weighted by Gasteiger charge is -2.14. The van der Waals surface area contributed by atoms with Crippen molar-refractivity contribution in [3.05, 3.63) is 218 Å². The number of furan rings is 1. The van der Waals surface area contributed by atoms with Crippen molar-refractivity contribution in [2.45, 2.75) is 0 Å². The molecule has 5 nitrogen and oxygen atoms in total. The molecule has 0 atom stereocenters. The summed E-state index contributed by atoms with van der Waals surface area (Å²) in [5.74, 6) is 1.88. The zero-order valence-corrected chi connectivity index (χ0v) is 33.5. The third kappa shape index (κ3) is 6.06. The number of para-hydroxylation sites is 3. The van der Waals surface area contributed by atoms with Crippen molar-refractivity contribution in [3.63, 3.8) is 0 Å². The van der Waals surface area contributed by atoms with Crippen molar-refractivity contribution >= 4 is 43.7 Å². The molecule has 0 N–H and O–H groups in total. The maximum Gasteiger partial charge on any atom is 0.164 e. The fraction of sp³-hybridized carbons (Fsp3) is 0. The Morgan fingerprint density at radius 3 is 1.61 bits per heavy atom. The van der Waals surface area contributed by atoms with Gasteiger partial charge in [-0.1, -0.05) is 182 Å². The van der Waals surface area contributed by atoms with Crippen LogP contribution in [-0.4, -0.2) is 19.5 Å². The first-order valence-electron chi connectivity index (χ1n) is 20.8. The van der Waals surface area contributed by atoms with E-state index in [1.165, 1.54) is 16.3 Å². The number of aromatic nitrogens is 4. The Hall–Kier alpha value is -8.41. The van der Waals surface area contributed by atoms with E-state index in [1.807, 2.05) is 48.5 Å². The molecular formula is C57H36N4O. The number of fused-ring (bicyclic) bond motifs is 6. The first kappa shape index (κ1) is 35.5. The number of hydrogen-bond donors (Lipinski definition) is 0. The van der Waals surface area contributed by atoms with Crippen molar-refractivity contribution in [2.75, 3.05) is 0 Å². The van der Waals surface area contributed by atoms with E-state index in [4.69, 9.17) is 19.4 Å². The molecule has 62 heavy (non-hydrogen) atoms. The molecule has 0 radical (unpaired) electrons. The summed E-state index contributed by atoms with van der Waals surface area (Å²) in [6, 6.07) is 76.4. The highest BCUT2D eigenvalue weighted by molar-refractivity contribution is 6.19. The summed E-state index contributed by atoms with van der Waals surface area (Å²) >= 11 is 0. The Balaban J connectivity index is 0.987. The first-order valence-corrected chi connectivity index (χ1v) is 20.8. The van der Waals surface area contributed by atoms with Crippen molar-refractivity contribution in [1.82, 2.24) is 19.5 Å². The molecule has 0 aliphatic carbocycles. The van der Waals surface area contributed by atoms with Crippen LogP contribution in [0, 0.1) is 0 Å². The second-order valence-corrected chi connectivity index (χ2v) is 15.6. The van der Waals surface area contributed by atoms with E-state index in [1.54, 1.807) is 0 Å². The van der Waals surface area contributed by atoms with Crippen molar-refractivity contribution in [2.24, 2.45) is 0 Å². The van der Waals surface area contributed by atoms with Crippen molar-refractivity contribution < 1.29 is 4.42 Å². The Labute approximate surface area is 357 Å². The molecule has 5 heteroatoms. The van der Waals surface area contributed by atoms with Crippen LogP contribution in [0.2, 0.25) is 0 Å². The van der Waals surface area contributed by atoms with E-state index in [9.17, 15) is 0 Å². The summed E-state index contributed by atoms with van der Waals surface area (Å²) in [5.41, 5.74) is 14.7. The van der Waals surface area contributed by atoms with Crippen LogP contribution in [0.5, 0.6) is 0 Å². The minimum atomic E-state index is 0.618. The topological polar surface area (TPSA) is 56.7 Å². The molecule has 0 aliphatic rings. The van der Waals surface area contributed by atoms with Crippen LogP contribution in [0.25, 0.3) is 117 Å². The Bertz CT molecular complexity index is 3630. The zero-order chi connectivity index (χ0) is 41.0. The maximum atomic E-state index is 6.36. The van der Waals surface area contributed by atoms with Gasteiger partial charge in [0.2, 0.25) is 0 Å². The zero-order valence-electron chi connectivity index (χ0n) is 33.5. The van der Waals surface area contributed by atoms with Gasteiger partial charge in [-0.15, -0.1) is 0 Å². The molecule has 0 spiro atoms. The largest absolute Gasteiger partial charge is 0.456 e. The molecule has 290 valence electrons. The molecule has 0 bridgehead atoms. The Morgan fingerprint density at radius 1 is 0.323 bits per heavy atom. The van der Waals surface area contributed by atoms with Gasteiger partial charge in [-0.3, -0.25) is 0 Å². The second kappa shape index (κ2) is 14.7. The average molecular weight is 793 g/mol. The normalized spacial score (nSPS) is 11.5. The molecule has 3 aromatic heterocycles. The standard InChI is InChI=1S/C57H36N4O/c1-3-15-37(16-4-1)38-31-33-40(34-32-38)56-58-55(39-17-5-2-6-18-39)59-57(60-56)43-21-11-19-41(35-43)42-20-12-22-44(36-42)61-50-28-9-7-23-45(50)47-26-13-27-48(54(47)61)46-25-14-30-52-53(46)49-24-8-10-29-51(49)62-52/h1-36H. The quantitative estimate of drug-likeness (QED) is 0.161. The molecule has 3 heterocycles. The second-order valence-electron chi connectivity index (χ2n) is 15.6. The molecule has 0 aliphatic heterocycles. The van der Waals surface area contributed by atoms with Gasteiger partial charge in [0, 0.05) is 49.5 Å². The fourth-order valence-electron chi connectivity index (χ4n) is 8.96. The van der Waals surface area contributed by atoms with E-state index in [-0.39, 0.29) is 0 Å². The van der Waals surface area contributed by atoms with Crippen LogP contribution in [0.1, 0.15) is 0 Å². The number of benzene rings is 9. The summed E-state index contributed by atoms with van der Waals surface area (Å²) in [6.45, 7) is 0. The summed E-state index contributed by atoms with van der Waals surface area (Å²) < 4.78 is 8.78. The van der Waals surface area contributed by atoms with Gasteiger partial charge in [-0.05, 0) is 64.2 Å². The van der Waals surface area contributed by atoms with Gasteiger partial charge >= 0.3 is 0 Å². The predicted molar refractivity (Wildman–Crippen MR) is 254 cm³/mol. The van der Waals surface area contributed by atoms with Crippen LogP contribution in [0.4, 0.5) is 0 Å². The highest BCUT2D eigenvalue weighted by Gasteiger charge is 2.20. The van der Waals surface area contributed by atoms with E-state index in [0.29, 0.717) is 17.5 Å². The maximum absolute atomic E-state index is 6.36. The third-order valence-electron chi connectivity index (χ3n) is 11.9. The van der Waals surface area contributed by atoms with Gasteiger partial charge in [0.05, 0.1) is 11.0 Å². The highest BCUT2D eigenvalue weighted by Crippen LogP contribution is 2.43. The van der Waals surface area contributed by atoms with Gasteiger partial charge < -0.3 is 8.98 Å². The third-order valence-corrected chi connectivity index (χ3v) is 11.9. The monoisotopic (exact) mass is 792 g/mol. The van der Waals surface area contributed by atoms with Gasteiger partial charge in [0.25, 0.3) is 0 Å². The Morgan fingerprint density at radius 2 is 0.823 bits per heavy atom.